The van der Waals surface area contributed by atoms with Gasteiger partial charge in [-0.3, -0.25) is 19.5 Å². The zero-order valence-corrected chi connectivity index (χ0v) is 24.6. The van der Waals surface area contributed by atoms with Crippen LogP contribution in [0.1, 0.15) is 52.2 Å². The Morgan fingerprint density at radius 2 is 1.66 bits per heavy atom. The molecule has 2 amide bonds. The Morgan fingerprint density at radius 3 is 2.27 bits per heavy atom. The molecule has 14 nitrogen and oxygen atoms in total. The third kappa shape index (κ3) is 10.2. The van der Waals surface area contributed by atoms with E-state index in [1.807, 2.05) is 0 Å². The molecule has 0 spiro atoms. The highest BCUT2D eigenvalue weighted by Crippen LogP contribution is 2.49. The molecule has 0 bridgehead atoms. The number of benzene rings is 1. The summed E-state index contributed by atoms with van der Waals surface area (Å²) >= 11 is 0. The number of phosphoric acid groups is 1. The number of carbonyl (C=O) groups excluding carboxylic acids is 2. The molecule has 0 saturated carbocycles. The van der Waals surface area contributed by atoms with E-state index in [9.17, 15) is 14.2 Å². The molecule has 3 rings (SSSR count). The topological polar surface area (TPSA) is 162 Å². The van der Waals surface area contributed by atoms with Crippen LogP contribution in [0.4, 0.5) is 9.59 Å². The quantitative estimate of drug-likeness (QED) is 0.329. The lowest BCUT2D eigenvalue weighted by Crippen LogP contribution is -2.52. The summed E-state index contributed by atoms with van der Waals surface area (Å²) in [5.74, 6) is 0.797. The lowest BCUT2D eigenvalue weighted by molar-refractivity contribution is 0.0529. The number of aromatic nitrogens is 1. The minimum absolute atomic E-state index is 0.0863. The molecule has 41 heavy (non-hydrogen) atoms. The minimum atomic E-state index is -3.73. The van der Waals surface area contributed by atoms with Gasteiger partial charge in [0.25, 0.3) is 0 Å². The summed E-state index contributed by atoms with van der Waals surface area (Å²) in [6.07, 6.45) is 1.98. The maximum atomic E-state index is 13.1. The van der Waals surface area contributed by atoms with Crippen LogP contribution in [0.5, 0.6) is 5.75 Å². The van der Waals surface area contributed by atoms with Gasteiger partial charge in [-0.1, -0.05) is 12.1 Å². The van der Waals surface area contributed by atoms with Gasteiger partial charge >= 0.3 is 20.0 Å². The van der Waals surface area contributed by atoms with Crippen LogP contribution in [0.3, 0.4) is 0 Å². The van der Waals surface area contributed by atoms with Crippen molar-refractivity contribution in [2.45, 2.75) is 53.2 Å². The average molecular weight is 591 g/mol. The fourth-order valence-corrected chi connectivity index (χ4v) is 4.46. The highest BCUT2D eigenvalue weighted by molar-refractivity contribution is 7.48. The summed E-state index contributed by atoms with van der Waals surface area (Å²) < 4.78 is 39.0. The van der Waals surface area contributed by atoms with Crippen LogP contribution in [0, 0.1) is 0 Å². The van der Waals surface area contributed by atoms with Crippen LogP contribution in [-0.2, 0) is 29.7 Å². The fraction of sp³-hybridized carbons (Fsp3) is 0.423. The molecule has 1 aromatic heterocycles. The molecule has 1 aliphatic rings. The van der Waals surface area contributed by atoms with Gasteiger partial charge in [0, 0.05) is 30.9 Å². The number of ether oxygens (including phenoxy) is 2. The molecule has 0 aliphatic carbocycles. The van der Waals surface area contributed by atoms with Crippen molar-refractivity contribution < 1.29 is 37.2 Å². The van der Waals surface area contributed by atoms with Crippen molar-refractivity contribution in [3.8, 4) is 5.75 Å². The number of rotatable bonds is 12. The standard InChI is InChI=1S/C26H35N6O8P/c1-6-37-41(35,38-7-2)40-21-10-8-19(9-11-21)18-36-25(34)32-22(14-17-28-24(33)39-26(3,4)5)29-30-23(31-32)20-12-15-27-16-13-20/h8-13,15-16H,6-7,14,17-18H2,1-5H3,(H,28,33)(H,30,31). The number of nitrogens with one attached hydrogen (secondary N) is 2. The summed E-state index contributed by atoms with van der Waals surface area (Å²) in [6.45, 7) is 9.01. The van der Waals surface area contributed by atoms with E-state index in [-0.39, 0.29) is 44.4 Å². The van der Waals surface area contributed by atoms with E-state index < -0.39 is 25.6 Å². The largest absolute Gasteiger partial charge is 0.530 e. The Morgan fingerprint density at radius 1 is 1.00 bits per heavy atom. The smallest absolute Gasteiger partial charge is 0.444 e. The summed E-state index contributed by atoms with van der Waals surface area (Å²) in [6, 6.07) is 9.85. The Balaban J connectivity index is 1.65. The highest BCUT2D eigenvalue weighted by Gasteiger charge is 2.28. The summed E-state index contributed by atoms with van der Waals surface area (Å²) in [4.78, 5) is 29.1. The Bertz CT molecular complexity index is 1270. The van der Waals surface area contributed by atoms with E-state index in [0.29, 0.717) is 17.0 Å². The van der Waals surface area contributed by atoms with E-state index in [0.717, 1.165) is 5.01 Å². The summed E-state index contributed by atoms with van der Waals surface area (Å²) in [7, 11) is -3.73. The second-order valence-electron chi connectivity index (χ2n) is 9.40. The van der Waals surface area contributed by atoms with Gasteiger partial charge in [-0.05, 0) is 64.4 Å². The third-order valence-electron chi connectivity index (χ3n) is 4.97. The van der Waals surface area contributed by atoms with Crippen molar-refractivity contribution in [1.29, 1.82) is 0 Å². The van der Waals surface area contributed by atoms with Gasteiger partial charge in [0.15, 0.2) is 11.7 Å². The van der Waals surface area contributed by atoms with Crippen LogP contribution in [-0.4, -0.2) is 59.2 Å². The lowest BCUT2D eigenvalue weighted by atomic mass is 10.2. The average Bonchev–Trinajstić information content (AvgIpc) is 2.92. The normalized spacial score (nSPS) is 13.4. The van der Waals surface area contributed by atoms with Crippen LogP contribution >= 0.6 is 7.82 Å². The molecule has 2 heterocycles. The number of carbonyl (C=O) groups is 2. The van der Waals surface area contributed by atoms with Crippen LogP contribution in [0.25, 0.3) is 0 Å². The fourth-order valence-electron chi connectivity index (χ4n) is 3.27. The molecule has 1 aliphatic heterocycles. The first-order valence-electron chi connectivity index (χ1n) is 12.9. The van der Waals surface area contributed by atoms with Crippen molar-refractivity contribution in [3.63, 3.8) is 0 Å². The Kier molecular flexibility index (Phi) is 11.2. The first kappa shape index (κ1) is 31.5. The van der Waals surface area contributed by atoms with Gasteiger partial charge < -0.3 is 19.3 Å². The van der Waals surface area contributed by atoms with Gasteiger partial charge in [0.1, 0.15) is 18.0 Å². The molecule has 2 N–H and O–H groups in total. The predicted molar refractivity (Wildman–Crippen MR) is 150 cm³/mol. The number of pyridine rings is 1. The second kappa shape index (κ2) is 14.6. The number of hydrazine groups is 1. The number of hydrogen-bond acceptors (Lipinski definition) is 12. The van der Waals surface area contributed by atoms with E-state index in [1.165, 1.54) is 0 Å². The Labute approximate surface area is 238 Å². The molecule has 222 valence electrons. The summed E-state index contributed by atoms with van der Waals surface area (Å²) in [5, 5.41) is 12.1. The Hall–Kier alpha value is -4.00. The van der Waals surface area contributed by atoms with E-state index in [2.05, 4.69) is 25.9 Å². The van der Waals surface area contributed by atoms with Gasteiger partial charge in [0.05, 0.1) is 13.2 Å². The van der Waals surface area contributed by atoms with Crippen molar-refractivity contribution in [2.75, 3.05) is 19.8 Å². The second-order valence-corrected chi connectivity index (χ2v) is 11.0. The van der Waals surface area contributed by atoms with Crippen molar-refractivity contribution in [3.05, 3.63) is 59.9 Å². The SMILES string of the molecule is CCOP(=O)(OCC)Oc1ccc(COC(=O)N2NC(c3ccncc3)=NN=C2CCNC(=O)OC(C)(C)C)cc1. The first-order chi connectivity index (χ1) is 19.5. The number of nitrogens with zero attached hydrogens (tertiary/aromatic N) is 4. The lowest BCUT2D eigenvalue weighted by Gasteiger charge is -2.27. The third-order valence-corrected chi connectivity index (χ3v) is 6.55. The molecule has 0 radical (unpaired) electrons. The molecular formula is C26H35N6O8P. The zero-order valence-electron chi connectivity index (χ0n) is 23.7. The molecule has 15 heteroatoms. The van der Waals surface area contributed by atoms with E-state index in [4.69, 9.17) is 23.0 Å². The molecule has 0 atom stereocenters. The van der Waals surface area contributed by atoms with Crippen LogP contribution < -0.4 is 15.3 Å². The minimum Gasteiger partial charge on any atom is -0.444 e. The maximum absolute atomic E-state index is 13.1. The van der Waals surface area contributed by atoms with Crippen LogP contribution in [0.2, 0.25) is 0 Å². The van der Waals surface area contributed by atoms with Gasteiger partial charge in [-0.25, -0.2) is 14.2 Å². The molecule has 0 fully saturated rings. The number of amidine groups is 2. The number of phosphoric ester groups is 1. The van der Waals surface area contributed by atoms with Crippen molar-refractivity contribution >= 4 is 31.7 Å². The molecule has 1 aromatic carbocycles. The summed E-state index contributed by atoms with van der Waals surface area (Å²) in [5.41, 5.74) is 3.56. The van der Waals surface area contributed by atoms with E-state index >= 15 is 0 Å². The van der Waals surface area contributed by atoms with Gasteiger partial charge in [-0.15, -0.1) is 10.2 Å². The first-order valence-corrected chi connectivity index (χ1v) is 14.4. The molecule has 0 saturated heterocycles. The highest BCUT2D eigenvalue weighted by atomic mass is 31.2. The van der Waals surface area contributed by atoms with Crippen LogP contribution in [0.15, 0.2) is 59.0 Å². The number of hydrogen-bond donors (Lipinski definition) is 2. The van der Waals surface area contributed by atoms with Gasteiger partial charge in [0.2, 0.25) is 0 Å². The van der Waals surface area contributed by atoms with Gasteiger partial charge in [-0.2, -0.15) is 5.01 Å². The monoisotopic (exact) mass is 590 g/mol. The molecule has 2 aromatic rings. The molecular weight excluding hydrogens is 555 g/mol. The zero-order chi connectivity index (χ0) is 29.9. The maximum Gasteiger partial charge on any atom is 0.530 e. The number of alkyl carbamates (subject to hydrolysis) is 1. The van der Waals surface area contributed by atoms with Crippen molar-refractivity contribution in [2.24, 2.45) is 10.2 Å². The predicted octanol–water partition coefficient (Wildman–Crippen LogP) is 4.77. The van der Waals surface area contributed by atoms with E-state index in [1.54, 1.807) is 83.4 Å². The molecule has 0 unspecified atom stereocenters. The van der Waals surface area contributed by atoms with Crippen molar-refractivity contribution in [1.82, 2.24) is 20.7 Å². The number of amides is 2.